The van der Waals surface area contributed by atoms with Crippen molar-refractivity contribution in [3.63, 3.8) is 0 Å². The van der Waals surface area contributed by atoms with Crippen LogP contribution in [-0.4, -0.2) is 30.2 Å². The third-order valence-corrected chi connectivity index (χ3v) is 3.06. The summed E-state index contributed by atoms with van der Waals surface area (Å²) in [5.74, 6) is 0.661. The molecule has 0 aromatic carbocycles. The fourth-order valence-electron chi connectivity index (χ4n) is 2.15. The number of rotatable bonds is 6. The van der Waals surface area contributed by atoms with Crippen LogP contribution in [0.1, 0.15) is 52.9 Å². The minimum absolute atomic E-state index is 0.0127. The van der Waals surface area contributed by atoms with Crippen molar-refractivity contribution >= 4 is 5.91 Å². The van der Waals surface area contributed by atoms with Gasteiger partial charge in [-0.2, -0.15) is 0 Å². The molecule has 0 aromatic heterocycles. The van der Waals surface area contributed by atoms with Crippen LogP contribution in [0.25, 0.3) is 0 Å². The van der Waals surface area contributed by atoms with Crippen molar-refractivity contribution in [2.75, 3.05) is 13.2 Å². The second kappa shape index (κ2) is 6.89. The maximum absolute atomic E-state index is 12.0. The Labute approximate surface area is 99.1 Å². The molecule has 0 aromatic rings. The zero-order chi connectivity index (χ0) is 12.0. The Kier molecular flexibility index (Phi) is 5.81. The van der Waals surface area contributed by atoms with Crippen molar-refractivity contribution in [2.24, 2.45) is 5.92 Å². The van der Waals surface area contributed by atoms with E-state index in [2.05, 4.69) is 20.8 Å². The first-order chi connectivity index (χ1) is 7.66. The quantitative estimate of drug-likeness (QED) is 0.653. The Morgan fingerprint density at radius 2 is 2.12 bits per heavy atom. The lowest BCUT2D eigenvalue weighted by Gasteiger charge is -2.26. The predicted octanol–water partition coefficient (Wildman–Crippen LogP) is 2.80. The molecule has 1 aliphatic heterocycles. The van der Waals surface area contributed by atoms with E-state index in [9.17, 15) is 4.79 Å². The molecule has 1 rings (SSSR count). The lowest BCUT2D eigenvalue weighted by molar-refractivity contribution is -0.138. The molecule has 0 spiro atoms. The molecule has 0 N–H and O–H groups in total. The molecule has 0 aliphatic carbocycles. The third-order valence-electron chi connectivity index (χ3n) is 3.06. The molecule has 1 fully saturated rings. The molecular weight excluding hydrogens is 202 g/mol. The highest BCUT2D eigenvalue weighted by Gasteiger charge is 2.31. The maximum atomic E-state index is 12.0. The summed E-state index contributed by atoms with van der Waals surface area (Å²) in [6, 6.07) is 0. The Morgan fingerprint density at radius 1 is 1.38 bits per heavy atom. The highest BCUT2D eigenvalue weighted by Crippen LogP contribution is 2.19. The molecule has 16 heavy (non-hydrogen) atoms. The SMILES string of the molecule is CCCCCCC(=O)N1CCOC1C(C)C. The summed E-state index contributed by atoms with van der Waals surface area (Å²) in [5.41, 5.74) is 0. The Hall–Kier alpha value is -0.570. The van der Waals surface area contributed by atoms with Gasteiger partial charge in [0.15, 0.2) is 0 Å². The van der Waals surface area contributed by atoms with Gasteiger partial charge < -0.3 is 9.64 Å². The number of amides is 1. The average molecular weight is 227 g/mol. The Morgan fingerprint density at radius 3 is 2.75 bits per heavy atom. The van der Waals surface area contributed by atoms with Crippen LogP contribution >= 0.6 is 0 Å². The van der Waals surface area contributed by atoms with Gasteiger partial charge in [-0.3, -0.25) is 4.79 Å². The molecule has 0 bridgehead atoms. The van der Waals surface area contributed by atoms with Crippen LogP contribution in [0.4, 0.5) is 0 Å². The highest BCUT2D eigenvalue weighted by molar-refractivity contribution is 5.76. The molecule has 0 saturated carbocycles. The molecule has 1 unspecified atom stereocenters. The van der Waals surface area contributed by atoms with Crippen LogP contribution in [0, 0.1) is 5.92 Å². The van der Waals surface area contributed by atoms with Gasteiger partial charge in [0.2, 0.25) is 5.91 Å². The molecule has 1 atom stereocenters. The van der Waals surface area contributed by atoms with E-state index >= 15 is 0 Å². The largest absolute Gasteiger partial charge is 0.356 e. The molecule has 1 saturated heterocycles. The van der Waals surface area contributed by atoms with E-state index in [1.165, 1.54) is 19.3 Å². The standard InChI is InChI=1S/C13H25NO2/c1-4-5-6-7-8-12(15)14-9-10-16-13(14)11(2)3/h11,13H,4-10H2,1-3H3. The summed E-state index contributed by atoms with van der Waals surface area (Å²) in [7, 11) is 0. The van der Waals surface area contributed by atoms with Crippen LogP contribution < -0.4 is 0 Å². The number of hydrogen-bond donors (Lipinski definition) is 0. The van der Waals surface area contributed by atoms with Crippen molar-refractivity contribution < 1.29 is 9.53 Å². The molecular formula is C13H25NO2. The fraction of sp³-hybridized carbons (Fsp3) is 0.923. The normalized spacial score (nSPS) is 20.8. The number of nitrogens with zero attached hydrogens (tertiary/aromatic N) is 1. The topological polar surface area (TPSA) is 29.5 Å². The first kappa shape index (κ1) is 13.5. The number of carbonyl (C=O) groups excluding carboxylic acids is 1. The van der Waals surface area contributed by atoms with Gasteiger partial charge in [-0.05, 0) is 12.3 Å². The monoisotopic (exact) mass is 227 g/mol. The average Bonchev–Trinajstić information content (AvgIpc) is 2.73. The third kappa shape index (κ3) is 3.78. The molecule has 0 radical (unpaired) electrons. The van der Waals surface area contributed by atoms with E-state index in [-0.39, 0.29) is 12.1 Å². The van der Waals surface area contributed by atoms with Crippen LogP contribution in [0.2, 0.25) is 0 Å². The summed E-state index contributed by atoms with van der Waals surface area (Å²) in [4.78, 5) is 13.9. The van der Waals surface area contributed by atoms with Crippen molar-refractivity contribution in [1.82, 2.24) is 4.90 Å². The van der Waals surface area contributed by atoms with Crippen LogP contribution in [-0.2, 0) is 9.53 Å². The number of carbonyl (C=O) groups is 1. The predicted molar refractivity (Wildman–Crippen MR) is 65.1 cm³/mol. The maximum Gasteiger partial charge on any atom is 0.224 e. The van der Waals surface area contributed by atoms with Gasteiger partial charge in [0.05, 0.1) is 6.61 Å². The first-order valence-electron chi connectivity index (χ1n) is 6.58. The Balaban J connectivity index is 2.29. The summed E-state index contributed by atoms with van der Waals surface area (Å²) in [5, 5.41) is 0. The van der Waals surface area contributed by atoms with Crippen molar-refractivity contribution in [2.45, 2.75) is 59.1 Å². The van der Waals surface area contributed by atoms with E-state index in [0.717, 1.165) is 13.0 Å². The summed E-state index contributed by atoms with van der Waals surface area (Å²) in [6.07, 6.45) is 5.34. The van der Waals surface area contributed by atoms with E-state index in [1.54, 1.807) is 0 Å². The highest BCUT2D eigenvalue weighted by atomic mass is 16.5. The summed E-state index contributed by atoms with van der Waals surface area (Å²) < 4.78 is 5.58. The van der Waals surface area contributed by atoms with Gasteiger partial charge in [-0.15, -0.1) is 0 Å². The fourth-order valence-corrected chi connectivity index (χ4v) is 2.15. The second-order valence-electron chi connectivity index (χ2n) is 4.90. The molecule has 1 amide bonds. The van der Waals surface area contributed by atoms with Gasteiger partial charge in [0.1, 0.15) is 6.23 Å². The van der Waals surface area contributed by atoms with Crippen molar-refractivity contribution in [3.05, 3.63) is 0 Å². The minimum Gasteiger partial charge on any atom is -0.356 e. The van der Waals surface area contributed by atoms with Gasteiger partial charge in [-0.25, -0.2) is 0 Å². The smallest absolute Gasteiger partial charge is 0.224 e. The zero-order valence-corrected chi connectivity index (χ0v) is 10.9. The van der Waals surface area contributed by atoms with Crippen LogP contribution in [0.15, 0.2) is 0 Å². The molecule has 1 heterocycles. The molecule has 94 valence electrons. The number of hydrogen-bond acceptors (Lipinski definition) is 2. The van der Waals surface area contributed by atoms with Gasteiger partial charge in [0.25, 0.3) is 0 Å². The zero-order valence-electron chi connectivity index (χ0n) is 10.9. The van der Waals surface area contributed by atoms with Gasteiger partial charge in [-0.1, -0.05) is 40.0 Å². The van der Waals surface area contributed by atoms with Crippen molar-refractivity contribution in [3.8, 4) is 0 Å². The molecule has 1 aliphatic rings. The second-order valence-corrected chi connectivity index (χ2v) is 4.90. The minimum atomic E-state index is 0.0127. The van der Waals surface area contributed by atoms with Gasteiger partial charge >= 0.3 is 0 Å². The van der Waals surface area contributed by atoms with Crippen LogP contribution in [0.3, 0.4) is 0 Å². The van der Waals surface area contributed by atoms with E-state index in [0.29, 0.717) is 18.9 Å². The van der Waals surface area contributed by atoms with E-state index < -0.39 is 0 Å². The summed E-state index contributed by atoms with van der Waals surface area (Å²) >= 11 is 0. The first-order valence-corrected chi connectivity index (χ1v) is 6.58. The van der Waals surface area contributed by atoms with Crippen LogP contribution in [0.5, 0.6) is 0 Å². The number of ether oxygens (including phenoxy) is 1. The lowest BCUT2D eigenvalue weighted by atomic mass is 10.1. The van der Waals surface area contributed by atoms with Gasteiger partial charge in [0, 0.05) is 13.0 Å². The summed E-state index contributed by atoms with van der Waals surface area (Å²) in [6.45, 7) is 7.87. The number of unbranched alkanes of at least 4 members (excludes halogenated alkanes) is 3. The van der Waals surface area contributed by atoms with E-state index in [1.807, 2.05) is 4.90 Å². The Bertz CT molecular complexity index is 216. The lowest BCUT2D eigenvalue weighted by Crippen LogP contribution is -2.39. The molecule has 3 nitrogen and oxygen atoms in total. The van der Waals surface area contributed by atoms with Crippen molar-refractivity contribution in [1.29, 1.82) is 0 Å². The van der Waals surface area contributed by atoms with E-state index in [4.69, 9.17) is 4.74 Å². The molecule has 3 heteroatoms.